The van der Waals surface area contributed by atoms with Crippen LogP contribution in [0.5, 0.6) is 0 Å². The summed E-state index contributed by atoms with van der Waals surface area (Å²) in [5.41, 5.74) is 1.39. The number of rotatable bonds is 4. The topological polar surface area (TPSA) is 59.8 Å². The van der Waals surface area contributed by atoms with Gasteiger partial charge in [0.15, 0.2) is 0 Å². The summed E-state index contributed by atoms with van der Waals surface area (Å²) in [6.45, 7) is 0.286. The lowest BCUT2D eigenvalue weighted by atomic mass is 10.2. The second kappa shape index (κ2) is 7.07. The van der Waals surface area contributed by atoms with Crippen LogP contribution in [0, 0.1) is 0 Å². The third-order valence-corrected chi connectivity index (χ3v) is 5.64. The number of carbonyl (C=O) groups is 1. The predicted molar refractivity (Wildman–Crippen MR) is 104 cm³/mol. The molecule has 0 atom stereocenters. The summed E-state index contributed by atoms with van der Waals surface area (Å²) in [5.74, 6) is -0.129. The van der Waals surface area contributed by atoms with Crippen molar-refractivity contribution in [1.29, 1.82) is 0 Å². The Hall–Kier alpha value is -2.41. The number of fused-ring (bicyclic) bond motifs is 1. The van der Waals surface area contributed by atoms with Crippen LogP contribution >= 0.6 is 34.5 Å². The summed E-state index contributed by atoms with van der Waals surface area (Å²) in [7, 11) is 0. The molecule has 0 aliphatic carbocycles. The number of thiophene rings is 1. The number of hydrogen-bond donors (Lipinski definition) is 1. The monoisotopic (exact) mass is 402 g/mol. The van der Waals surface area contributed by atoms with Crippen LogP contribution in [0.25, 0.3) is 15.8 Å². The lowest BCUT2D eigenvalue weighted by molar-refractivity contribution is 0.0954. The fraction of sp³-hybridized carbons (Fsp3) is 0.0556. The first-order valence-electron chi connectivity index (χ1n) is 7.73. The largest absolute Gasteiger partial charge is 0.346 e. The Morgan fingerprint density at radius 3 is 2.77 bits per heavy atom. The zero-order valence-electron chi connectivity index (χ0n) is 13.3. The van der Waals surface area contributed by atoms with Crippen molar-refractivity contribution >= 4 is 50.5 Å². The molecule has 0 aliphatic heterocycles. The van der Waals surface area contributed by atoms with Crippen molar-refractivity contribution in [1.82, 2.24) is 20.3 Å². The highest BCUT2D eigenvalue weighted by Gasteiger charge is 2.11. The highest BCUT2D eigenvalue weighted by molar-refractivity contribution is 7.20. The van der Waals surface area contributed by atoms with E-state index in [1.807, 2.05) is 30.3 Å². The highest BCUT2D eigenvalue weighted by Crippen LogP contribution is 2.25. The maximum absolute atomic E-state index is 12.4. The first-order chi connectivity index (χ1) is 12.6. The molecule has 4 aromatic rings. The SMILES string of the molecule is O=C(NCc1cn(-c2ccc(Cl)c(Cl)c2)nn1)c1cc2ccccc2s1. The number of benzene rings is 2. The molecule has 1 amide bonds. The molecule has 0 saturated heterocycles. The van der Waals surface area contributed by atoms with Gasteiger partial charge in [0.05, 0.1) is 33.4 Å². The van der Waals surface area contributed by atoms with E-state index < -0.39 is 0 Å². The van der Waals surface area contributed by atoms with Crippen molar-refractivity contribution in [2.75, 3.05) is 0 Å². The minimum Gasteiger partial charge on any atom is -0.346 e. The van der Waals surface area contributed by atoms with Crippen molar-refractivity contribution in [2.24, 2.45) is 0 Å². The number of amides is 1. The van der Waals surface area contributed by atoms with Crippen molar-refractivity contribution < 1.29 is 4.79 Å². The molecule has 2 aromatic heterocycles. The molecule has 2 heterocycles. The summed E-state index contributed by atoms with van der Waals surface area (Å²) < 4.78 is 2.67. The number of hydrogen-bond acceptors (Lipinski definition) is 4. The highest BCUT2D eigenvalue weighted by atomic mass is 35.5. The van der Waals surface area contributed by atoms with Gasteiger partial charge in [0, 0.05) is 4.70 Å². The van der Waals surface area contributed by atoms with Gasteiger partial charge in [-0.05, 0) is 35.7 Å². The Kier molecular flexibility index (Phi) is 4.63. The Balaban J connectivity index is 1.45. The smallest absolute Gasteiger partial charge is 0.261 e. The van der Waals surface area contributed by atoms with Crippen molar-refractivity contribution in [3.63, 3.8) is 0 Å². The Morgan fingerprint density at radius 1 is 1.12 bits per heavy atom. The first-order valence-corrected chi connectivity index (χ1v) is 9.31. The van der Waals surface area contributed by atoms with Crippen molar-refractivity contribution in [3.8, 4) is 5.69 Å². The molecule has 5 nitrogen and oxygen atoms in total. The molecule has 4 rings (SSSR count). The lowest BCUT2D eigenvalue weighted by Gasteiger charge is -2.02. The first kappa shape index (κ1) is 17.0. The average Bonchev–Trinajstić information content (AvgIpc) is 3.28. The van der Waals surface area contributed by atoms with Gasteiger partial charge >= 0.3 is 0 Å². The van der Waals surface area contributed by atoms with Gasteiger partial charge in [-0.1, -0.05) is 46.6 Å². The molecule has 1 N–H and O–H groups in total. The van der Waals surface area contributed by atoms with E-state index in [0.717, 1.165) is 15.8 Å². The van der Waals surface area contributed by atoms with E-state index in [0.29, 0.717) is 20.6 Å². The van der Waals surface area contributed by atoms with E-state index in [9.17, 15) is 4.79 Å². The molecule has 0 unspecified atom stereocenters. The van der Waals surface area contributed by atoms with Crippen LogP contribution in [0.4, 0.5) is 0 Å². The molecular formula is C18H12Cl2N4OS. The number of aromatic nitrogens is 3. The normalized spacial score (nSPS) is 11.0. The molecule has 0 fully saturated rings. The number of carbonyl (C=O) groups excluding carboxylic acids is 1. The number of nitrogens with zero attached hydrogens (tertiary/aromatic N) is 3. The predicted octanol–water partition coefficient (Wildman–Crippen LogP) is 4.72. The third kappa shape index (κ3) is 3.44. The van der Waals surface area contributed by atoms with Crippen LogP contribution in [-0.4, -0.2) is 20.9 Å². The van der Waals surface area contributed by atoms with Gasteiger partial charge in [0.2, 0.25) is 0 Å². The lowest BCUT2D eigenvalue weighted by Crippen LogP contribution is -2.21. The minimum absolute atomic E-state index is 0.129. The summed E-state index contributed by atoms with van der Waals surface area (Å²) in [4.78, 5) is 13.0. The summed E-state index contributed by atoms with van der Waals surface area (Å²) >= 11 is 13.4. The van der Waals surface area contributed by atoms with Gasteiger partial charge < -0.3 is 5.32 Å². The minimum atomic E-state index is -0.129. The molecule has 0 saturated carbocycles. The third-order valence-electron chi connectivity index (χ3n) is 3.79. The van der Waals surface area contributed by atoms with Crippen molar-refractivity contribution in [3.05, 3.63) is 75.3 Å². The Bertz CT molecular complexity index is 1070. The van der Waals surface area contributed by atoms with Gasteiger partial charge in [0.1, 0.15) is 5.69 Å². The molecule has 8 heteroatoms. The van der Waals surface area contributed by atoms with Gasteiger partial charge in [-0.15, -0.1) is 16.4 Å². The van der Waals surface area contributed by atoms with Crippen LogP contribution in [0.3, 0.4) is 0 Å². The molecule has 0 bridgehead atoms. The Morgan fingerprint density at radius 2 is 1.96 bits per heavy atom. The van der Waals surface area contributed by atoms with Crippen LogP contribution in [-0.2, 0) is 6.54 Å². The van der Waals surface area contributed by atoms with Crippen LogP contribution in [0.1, 0.15) is 15.4 Å². The molecule has 0 spiro atoms. The zero-order chi connectivity index (χ0) is 18.1. The standard InChI is InChI=1S/C18H12Cl2N4OS/c19-14-6-5-13(8-15(14)20)24-10-12(22-23-24)9-21-18(25)17-7-11-3-1-2-4-16(11)26-17/h1-8,10H,9H2,(H,21,25). The van der Waals surface area contributed by atoms with Gasteiger partial charge in [-0.3, -0.25) is 4.79 Å². The second-order valence-electron chi connectivity index (χ2n) is 5.58. The van der Waals surface area contributed by atoms with E-state index >= 15 is 0 Å². The van der Waals surface area contributed by atoms with E-state index in [2.05, 4.69) is 15.6 Å². The molecule has 0 aliphatic rings. The van der Waals surface area contributed by atoms with E-state index in [1.54, 1.807) is 29.1 Å². The van der Waals surface area contributed by atoms with Crippen LogP contribution in [0.15, 0.2) is 54.7 Å². The Labute approximate surface area is 163 Å². The maximum Gasteiger partial charge on any atom is 0.261 e. The second-order valence-corrected chi connectivity index (χ2v) is 7.48. The van der Waals surface area contributed by atoms with Crippen LogP contribution in [0.2, 0.25) is 10.0 Å². The van der Waals surface area contributed by atoms with Crippen LogP contribution < -0.4 is 5.32 Å². The number of nitrogens with one attached hydrogen (secondary N) is 1. The summed E-state index contributed by atoms with van der Waals surface area (Å²) in [6, 6.07) is 15.0. The summed E-state index contributed by atoms with van der Waals surface area (Å²) in [5, 5.41) is 13.0. The molecule has 0 radical (unpaired) electrons. The maximum atomic E-state index is 12.4. The molecule has 2 aromatic carbocycles. The average molecular weight is 403 g/mol. The van der Waals surface area contributed by atoms with E-state index in [-0.39, 0.29) is 12.5 Å². The number of halogens is 2. The summed E-state index contributed by atoms with van der Waals surface area (Å²) in [6.07, 6.45) is 1.74. The zero-order valence-corrected chi connectivity index (χ0v) is 15.6. The van der Waals surface area contributed by atoms with Gasteiger partial charge in [-0.2, -0.15) is 0 Å². The van der Waals surface area contributed by atoms with Crippen molar-refractivity contribution in [2.45, 2.75) is 6.54 Å². The van der Waals surface area contributed by atoms with E-state index in [4.69, 9.17) is 23.2 Å². The molecule has 26 heavy (non-hydrogen) atoms. The molecule has 130 valence electrons. The fourth-order valence-electron chi connectivity index (χ4n) is 2.48. The quantitative estimate of drug-likeness (QED) is 0.537. The molecular weight excluding hydrogens is 391 g/mol. The van der Waals surface area contributed by atoms with Gasteiger partial charge in [-0.25, -0.2) is 4.68 Å². The van der Waals surface area contributed by atoms with Gasteiger partial charge in [0.25, 0.3) is 5.91 Å². The van der Waals surface area contributed by atoms with E-state index in [1.165, 1.54) is 11.3 Å². The fourth-order valence-corrected chi connectivity index (χ4v) is 3.76.